The van der Waals surface area contributed by atoms with Gasteiger partial charge in [-0.25, -0.2) is 13.2 Å². The standard InChI is InChI=1S/C23H27N3O5S/c1-3-22(27)24-20-12-13-26(17(2)14-20)32(29,30)21-11-7-10-19(15-21)25-23(28)31-16-18-8-5-4-6-9-18/h3-11,15,17,20H,1,12-14,16H2,2H3,(H,24,27)(H,25,28). The molecule has 1 aliphatic rings. The summed E-state index contributed by atoms with van der Waals surface area (Å²) < 4.78 is 33.0. The number of amides is 2. The molecule has 2 aromatic rings. The molecule has 0 radical (unpaired) electrons. The number of anilines is 1. The SMILES string of the molecule is C=CC(=O)NC1CCN(S(=O)(=O)c2cccc(NC(=O)OCc3ccccc3)c2)C(C)C1. The van der Waals surface area contributed by atoms with Crippen LogP contribution in [0.2, 0.25) is 0 Å². The Morgan fingerprint density at radius 2 is 1.94 bits per heavy atom. The lowest BCUT2D eigenvalue weighted by atomic mass is 10.0. The number of sulfonamides is 1. The van der Waals surface area contributed by atoms with Crippen molar-refractivity contribution in [3.05, 3.63) is 72.8 Å². The Bertz CT molecular complexity index is 1070. The minimum absolute atomic E-state index is 0.0822. The molecule has 1 fully saturated rings. The van der Waals surface area contributed by atoms with Crippen LogP contribution in [0.3, 0.4) is 0 Å². The van der Waals surface area contributed by atoms with Gasteiger partial charge in [-0.15, -0.1) is 0 Å². The average molecular weight is 458 g/mol. The fourth-order valence-electron chi connectivity index (χ4n) is 3.65. The van der Waals surface area contributed by atoms with E-state index >= 15 is 0 Å². The van der Waals surface area contributed by atoms with Gasteiger partial charge in [0, 0.05) is 24.3 Å². The van der Waals surface area contributed by atoms with Crippen molar-refractivity contribution in [2.75, 3.05) is 11.9 Å². The average Bonchev–Trinajstić information content (AvgIpc) is 2.78. The van der Waals surface area contributed by atoms with Crippen LogP contribution >= 0.6 is 0 Å². The highest BCUT2D eigenvalue weighted by atomic mass is 32.2. The van der Waals surface area contributed by atoms with Crippen molar-refractivity contribution < 1.29 is 22.7 Å². The Hall–Kier alpha value is -3.17. The monoisotopic (exact) mass is 457 g/mol. The third-order valence-electron chi connectivity index (χ3n) is 5.25. The van der Waals surface area contributed by atoms with Crippen molar-refractivity contribution >= 4 is 27.7 Å². The summed E-state index contributed by atoms with van der Waals surface area (Å²) >= 11 is 0. The summed E-state index contributed by atoms with van der Waals surface area (Å²) in [5.74, 6) is -0.267. The third kappa shape index (κ3) is 5.95. The van der Waals surface area contributed by atoms with Gasteiger partial charge >= 0.3 is 6.09 Å². The fraction of sp³-hybridized carbons (Fsp3) is 0.304. The van der Waals surface area contributed by atoms with E-state index in [-0.39, 0.29) is 36.0 Å². The Kier molecular flexibility index (Phi) is 7.66. The van der Waals surface area contributed by atoms with E-state index in [1.807, 2.05) is 37.3 Å². The first-order valence-electron chi connectivity index (χ1n) is 10.3. The van der Waals surface area contributed by atoms with Gasteiger partial charge in [-0.2, -0.15) is 4.31 Å². The van der Waals surface area contributed by atoms with Crippen LogP contribution in [0.25, 0.3) is 0 Å². The topological polar surface area (TPSA) is 105 Å². The largest absolute Gasteiger partial charge is 0.444 e. The van der Waals surface area contributed by atoms with Crippen molar-refractivity contribution in [3.8, 4) is 0 Å². The van der Waals surface area contributed by atoms with E-state index in [0.29, 0.717) is 18.5 Å². The first kappa shape index (κ1) is 23.5. The highest BCUT2D eigenvalue weighted by Gasteiger charge is 2.35. The summed E-state index contributed by atoms with van der Waals surface area (Å²) in [6, 6.07) is 14.9. The van der Waals surface area contributed by atoms with E-state index in [1.54, 1.807) is 12.1 Å². The maximum absolute atomic E-state index is 13.2. The molecule has 1 saturated heterocycles. The van der Waals surface area contributed by atoms with E-state index in [1.165, 1.54) is 22.5 Å². The van der Waals surface area contributed by atoms with Crippen molar-refractivity contribution in [2.45, 2.75) is 43.4 Å². The lowest BCUT2D eigenvalue weighted by Gasteiger charge is -2.36. The molecular formula is C23H27N3O5S. The van der Waals surface area contributed by atoms with Crippen LogP contribution in [0.4, 0.5) is 10.5 Å². The molecule has 0 aromatic heterocycles. The van der Waals surface area contributed by atoms with Gasteiger partial charge in [0.15, 0.2) is 0 Å². The minimum Gasteiger partial charge on any atom is -0.444 e. The quantitative estimate of drug-likeness (QED) is 0.621. The first-order chi connectivity index (χ1) is 15.3. The maximum atomic E-state index is 13.2. The number of ether oxygens (including phenoxy) is 1. The number of hydrogen-bond donors (Lipinski definition) is 2. The second kappa shape index (κ2) is 10.4. The number of benzene rings is 2. The molecule has 32 heavy (non-hydrogen) atoms. The molecule has 2 aromatic carbocycles. The predicted molar refractivity (Wildman–Crippen MR) is 121 cm³/mol. The molecule has 0 spiro atoms. The van der Waals surface area contributed by atoms with E-state index in [0.717, 1.165) is 5.56 Å². The summed E-state index contributed by atoms with van der Waals surface area (Å²) in [5.41, 5.74) is 1.17. The van der Waals surface area contributed by atoms with Gasteiger partial charge in [0.1, 0.15) is 6.61 Å². The van der Waals surface area contributed by atoms with Crippen LogP contribution in [-0.4, -0.2) is 43.4 Å². The van der Waals surface area contributed by atoms with Gasteiger partial charge in [0.2, 0.25) is 15.9 Å². The molecule has 2 amide bonds. The van der Waals surface area contributed by atoms with Gasteiger partial charge < -0.3 is 10.1 Å². The number of rotatable bonds is 7. The van der Waals surface area contributed by atoms with Crippen molar-refractivity contribution in [1.29, 1.82) is 0 Å². The van der Waals surface area contributed by atoms with Crippen LogP contribution in [0, 0.1) is 0 Å². The fourth-order valence-corrected chi connectivity index (χ4v) is 5.35. The summed E-state index contributed by atoms with van der Waals surface area (Å²) in [4.78, 5) is 23.7. The lowest BCUT2D eigenvalue weighted by Crippen LogP contribution is -2.50. The summed E-state index contributed by atoms with van der Waals surface area (Å²) in [6.45, 7) is 5.64. The summed E-state index contributed by atoms with van der Waals surface area (Å²) in [6.07, 6.45) is 1.54. The van der Waals surface area contributed by atoms with Crippen LogP contribution in [-0.2, 0) is 26.2 Å². The third-order valence-corrected chi connectivity index (χ3v) is 7.26. The Morgan fingerprint density at radius 1 is 1.19 bits per heavy atom. The molecule has 0 saturated carbocycles. The predicted octanol–water partition coefficient (Wildman–Crippen LogP) is 3.28. The Labute approximate surface area is 188 Å². The number of nitrogens with zero attached hydrogens (tertiary/aromatic N) is 1. The molecule has 8 nitrogen and oxygen atoms in total. The molecule has 1 heterocycles. The zero-order valence-corrected chi connectivity index (χ0v) is 18.7. The first-order valence-corrected chi connectivity index (χ1v) is 11.8. The van der Waals surface area contributed by atoms with Crippen molar-refractivity contribution in [3.63, 3.8) is 0 Å². The molecule has 0 bridgehead atoms. The number of hydrogen-bond acceptors (Lipinski definition) is 5. The maximum Gasteiger partial charge on any atom is 0.411 e. The lowest BCUT2D eigenvalue weighted by molar-refractivity contribution is -0.117. The number of piperidine rings is 1. The second-order valence-corrected chi connectivity index (χ2v) is 9.50. The minimum atomic E-state index is -3.77. The molecule has 9 heteroatoms. The van der Waals surface area contributed by atoms with Crippen LogP contribution < -0.4 is 10.6 Å². The van der Waals surface area contributed by atoms with Crippen molar-refractivity contribution in [2.24, 2.45) is 0 Å². The smallest absolute Gasteiger partial charge is 0.411 e. The van der Waals surface area contributed by atoms with Crippen LogP contribution in [0.1, 0.15) is 25.3 Å². The molecule has 3 rings (SSSR count). The summed E-state index contributed by atoms with van der Waals surface area (Å²) in [5, 5.41) is 5.40. The molecule has 2 unspecified atom stereocenters. The van der Waals surface area contributed by atoms with Gasteiger partial charge in [-0.05, 0) is 49.6 Å². The van der Waals surface area contributed by atoms with Gasteiger partial charge in [0.05, 0.1) is 4.90 Å². The number of carbonyl (C=O) groups is 2. The van der Waals surface area contributed by atoms with E-state index < -0.39 is 16.1 Å². The van der Waals surface area contributed by atoms with Gasteiger partial charge in [-0.1, -0.05) is 43.0 Å². The molecule has 2 atom stereocenters. The van der Waals surface area contributed by atoms with Crippen LogP contribution in [0.5, 0.6) is 0 Å². The molecule has 2 N–H and O–H groups in total. The zero-order valence-electron chi connectivity index (χ0n) is 17.9. The molecule has 0 aliphatic carbocycles. The Balaban J connectivity index is 1.63. The molecule has 1 aliphatic heterocycles. The number of carbonyl (C=O) groups excluding carboxylic acids is 2. The van der Waals surface area contributed by atoms with Crippen LogP contribution in [0.15, 0.2) is 72.1 Å². The summed E-state index contributed by atoms with van der Waals surface area (Å²) in [7, 11) is -3.77. The Morgan fingerprint density at radius 3 is 2.62 bits per heavy atom. The highest BCUT2D eigenvalue weighted by Crippen LogP contribution is 2.27. The second-order valence-electron chi connectivity index (χ2n) is 7.61. The van der Waals surface area contributed by atoms with Gasteiger partial charge in [-0.3, -0.25) is 10.1 Å². The highest BCUT2D eigenvalue weighted by molar-refractivity contribution is 7.89. The van der Waals surface area contributed by atoms with E-state index in [2.05, 4.69) is 17.2 Å². The van der Waals surface area contributed by atoms with Crippen molar-refractivity contribution in [1.82, 2.24) is 9.62 Å². The van der Waals surface area contributed by atoms with E-state index in [4.69, 9.17) is 4.74 Å². The number of nitrogens with one attached hydrogen (secondary N) is 2. The molecular weight excluding hydrogens is 430 g/mol. The normalized spacial score (nSPS) is 19.0. The zero-order chi connectivity index (χ0) is 23.1. The van der Waals surface area contributed by atoms with Gasteiger partial charge in [0.25, 0.3) is 0 Å². The van der Waals surface area contributed by atoms with E-state index in [9.17, 15) is 18.0 Å². The molecule has 170 valence electrons.